The number of carboxylic acid groups (broad SMARTS) is 1. The average molecular weight is 340 g/mol. The van der Waals surface area contributed by atoms with Crippen LogP contribution in [-0.2, 0) is 11.2 Å². The van der Waals surface area contributed by atoms with E-state index in [0.717, 1.165) is 21.4 Å². The minimum Gasteiger partial charge on any atom is -0.477 e. The lowest BCUT2D eigenvalue weighted by Crippen LogP contribution is -2.13. The maximum Gasteiger partial charge on any atom is 0.345 e. The number of rotatable bonds is 4. The van der Waals surface area contributed by atoms with Gasteiger partial charge < -0.3 is 10.4 Å². The van der Waals surface area contributed by atoms with Gasteiger partial charge in [-0.2, -0.15) is 0 Å². The van der Waals surface area contributed by atoms with E-state index in [1.165, 1.54) is 6.07 Å². The van der Waals surface area contributed by atoms with Gasteiger partial charge in [0.15, 0.2) is 0 Å². The highest BCUT2D eigenvalue weighted by Crippen LogP contribution is 2.22. The molecule has 1 aromatic carbocycles. The average Bonchev–Trinajstić information content (AvgIpc) is 2.80. The molecule has 2 N–H and O–H groups in total. The van der Waals surface area contributed by atoms with Crippen molar-refractivity contribution in [2.24, 2.45) is 0 Å². The Morgan fingerprint density at radius 1 is 1.16 bits per heavy atom. The summed E-state index contributed by atoms with van der Waals surface area (Å²) < 4.78 is 0.959. The number of hydrogen-bond acceptors (Lipinski definition) is 3. The van der Waals surface area contributed by atoms with Crippen molar-refractivity contribution in [1.29, 1.82) is 0 Å². The highest BCUT2D eigenvalue weighted by molar-refractivity contribution is 9.10. The molecule has 0 bridgehead atoms. The summed E-state index contributed by atoms with van der Waals surface area (Å²) in [6, 6.07) is 10.5. The first-order valence-electron chi connectivity index (χ1n) is 5.42. The van der Waals surface area contributed by atoms with Gasteiger partial charge in [0.2, 0.25) is 5.91 Å². The number of carbonyl (C=O) groups is 2. The molecule has 19 heavy (non-hydrogen) atoms. The van der Waals surface area contributed by atoms with E-state index < -0.39 is 5.97 Å². The van der Waals surface area contributed by atoms with Crippen molar-refractivity contribution in [1.82, 2.24) is 0 Å². The molecule has 0 unspecified atom stereocenters. The van der Waals surface area contributed by atoms with Crippen molar-refractivity contribution in [2.45, 2.75) is 6.42 Å². The minimum absolute atomic E-state index is 0.166. The van der Waals surface area contributed by atoms with E-state index in [2.05, 4.69) is 21.2 Å². The zero-order chi connectivity index (χ0) is 13.8. The molecule has 0 radical (unpaired) electrons. The number of hydrogen-bond donors (Lipinski definition) is 2. The van der Waals surface area contributed by atoms with Gasteiger partial charge in [0.25, 0.3) is 0 Å². The summed E-state index contributed by atoms with van der Waals surface area (Å²) in [6.07, 6.45) is 0.258. The van der Waals surface area contributed by atoms with Crippen LogP contribution in [-0.4, -0.2) is 17.0 Å². The van der Waals surface area contributed by atoms with Crippen LogP contribution in [0.25, 0.3) is 0 Å². The van der Waals surface area contributed by atoms with Crippen LogP contribution in [0.3, 0.4) is 0 Å². The van der Waals surface area contributed by atoms with E-state index >= 15 is 0 Å². The molecule has 0 saturated carbocycles. The van der Waals surface area contributed by atoms with E-state index in [-0.39, 0.29) is 17.2 Å². The van der Waals surface area contributed by atoms with Crippen LogP contribution in [0, 0.1) is 0 Å². The van der Waals surface area contributed by atoms with Crippen molar-refractivity contribution in [2.75, 3.05) is 5.32 Å². The van der Waals surface area contributed by atoms with E-state index in [1.54, 1.807) is 6.07 Å². The van der Waals surface area contributed by atoms with Gasteiger partial charge in [-0.25, -0.2) is 4.79 Å². The maximum atomic E-state index is 11.8. The summed E-state index contributed by atoms with van der Waals surface area (Å²) in [5, 5.41) is 12.0. The van der Waals surface area contributed by atoms with Gasteiger partial charge in [0.05, 0.1) is 11.4 Å². The van der Waals surface area contributed by atoms with E-state index in [9.17, 15) is 9.59 Å². The lowest BCUT2D eigenvalue weighted by molar-refractivity contribution is -0.115. The summed E-state index contributed by atoms with van der Waals surface area (Å²) in [5.74, 6) is -1.15. The molecule has 1 heterocycles. The molecule has 0 aliphatic heterocycles. The van der Waals surface area contributed by atoms with Crippen LogP contribution in [0.2, 0.25) is 0 Å². The van der Waals surface area contributed by atoms with Gasteiger partial charge in [-0.3, -0.25) is 4.79 Å². The van der Waals surface area contributed by atoms with Crippen LogP contribution < -0.4 is 5.32 Å². The minimum atomic E-state index is -0.988. The number of amides is 1. The Morgan fingerprint density at radius 2 is 1.84 bits per heavy atom. The van der Waals surface area contributed by atoms with Crippen LogP contribution in [0.5, 0.6) is 0 Å². The van der Waals surface area contributed by atoms with Crippen LogP contribution >= 0.6 is 27.3 Å². The quantitative estimate of drug-likeness (QED) is 0.897. The van der Waals surface area contributed by atoms with Crippen molar-refractivity contribution < 1.29 is 14.7 Å². The van der Waals surface area contributed by atoms with Crippen LogP contribution in [0.15, 0.2) is 40.9 Å². The largest absolute Gasteiger partial charge is 0.477 e. The summed E-state index contributed by atoms with van der Waals surface area (Å²) >= 11 is 4.37. The lowest BCUT2D eigenvalue weighted by Gasteiger charge is -2.02. The number of anilines is 1. The Balaban J connectivity index is 1.97. The molecule has 0 aliphatic carbocycles. The number of aromatic carboxylic acids is 1. The number of thiophene rings is 1. The number of carboxylic acids is 1. The third kappa shape index (κ3) is 3.90. The summed E-state index contributed by atoms with van der Waals surface area (Å²) in [6.45, 7) is 0. The van der Waals surface area contributed by atoms with E-state index in [1.807, 2.05) is 24.3 Å². The molecule has 6 heteroatoms. The molecule has 1 aromatic heterocycles. The topological polar surface area (TPSA) is 66.4 Å². The van der Waals surface area contributed by atoms with Crippen molar-refractivity contribution in [3.8, 4) is 0 Å². The molecule has 0 atom stereocenters. The Kier molecular flexibility index (Phi) is 4.34. The number of nitrogens with one attached hydrogen (secondary N) is 1. The molecular weight excluding hydrogens is 330 g/mol. The molecule has 4 nitrogen and oxygen atoms in total. The fourth-order valence-corrected chi connectivity index (χ4v) is 2.51. The lowest BCUT2D eigenvalue weighted by atomic mass is 10.1. The first-order chi connectivity index (χ1) is 9.04. The molecule has 2 rings (SSSR count). The number of halogens is 1. The molecule has 0 saturated heterocycles. The van der Waals surface area contributed by atoms with E-state index in [4.69, 9.17) is 5.11 Å². The monoisotopic (exact) mass is 339 g/mol. The van der Waals surface area contributed by atoms with Gasteiger partial charge in [-0.05, 0) is 29.8 Å². The van der Waals surface area contributed by atoms with Crippen molar-refractivity contribution >= 4 is 44.1 Å². The van der Waals surface area contributed by atoms with Gasteiger partial charge >= 0.3 is 5.97 Å². The third-order valence-corrected chi connectivity index (χ3v) is 3.87. The predicted molar refractivity (Wildman–Crippen MR) is 77.8 cm³/mol. The van der Waals surface area contributed by atoms with Crippen molar-refractivity contribution in [3.05, 3.63) is 51.3 Å². The first kappa shape index (κ1) is 13.8. The Bertz CT molecular complexity index is 607. The fourth-order valence-electron chi connectivity index (χ4n) is 1.49. The molecule has 0 aliphatic rings. The molecule has 0 fully saturated rings. The number of carbonyl (C=O) groups excluding carboxylic acids is 1. The third-order valence-electron chi connectivity index (χ3n) is 2.36. The molecule has 0 spiro atoms. The van der Waals surface area contributed by atoms with Gasteiger partial charge in [-0.15, -0.1) is 11.3 Å². The zero-order valence-electron chi connectivity index (χ0n) is 9.72. The maximum absolute atomic E-state index is 11.8. The second-order valence-electron chi connectivity index (χ2n) is 3.82. The first-order valence-corrected chi connectivity index (χ1v) is 7.03. The Labute approximate surface area is 122 Å². The van der Waals surface area contributed by atoms with Crippen LogP contribution in [0.1, 0.15) is 15.2 Å². The highest BCUT2D eigenvalue weighted by Gasteiger charge is 2.09. The second kappa shape index (κ2) is 5.99. The van der Waals surface area contributed by atoms with Gasteiger partial charge in [-0.1, -0.05) is 28.1 Å². The van der Waals surface area contributed by atoms with Gasteiger partial charge in [0, 0.05) is 4.47 Å². The smallest absolute Gasteiger partial charge is 0.345 e. The number of benzene rings is 1. The molecule has 1 amide bonds. The molecule has 98 valence electrons. The summed E-state index contributed by atoms with van der Waals surface area (Å²) in [7, 11) is 0. The fraction of sp³-hybridized carbons (Fsp3) is 0.0769. The predicted octanol–water partition coefficient (Wildman–Crippen LogP) is 3.39. The Hall–Kier alpha value is -1.66. The normalized spacial score (nSPS) is 10.2. The van der Waals surface area contributed by atoms with Crippen LogP contribution in [0.4, 0.5) is 5.00 Å². The zero-order valence-corrected chi connectivity index (χ0v) is 12.1. The standard InChI is InChI=1S/C13H10BrNO3S/c14-9-3-1-8(2-4-9)7-11(16)15-12-6-5-10(19-12)13(17)18/h1-6H,7H2,(H,15,16)(H,17,18). The van der Waals surface area contributed by atoms with Gasteiger partial charge in [0.1, 0.15) is 4.88 Å². The highest BCUT2D eigenvalue weighted by atomic mass is 79.9. The summed E-state index contributed by atoms with van der Waals surface area (Å²) in [5.41, 5.74) is 0.899. The molecule has 2 aromatic rings. The summed E-state index contributed by atoms with van der Waals surface area (Å²) in [4.78, 5) is 22.7. The molecular formula is C13H10BrNO3S. The Morgan fingerprint density at radius 3 is 2.42 bits per heavy atom. The van der Waals surface area contributed by atoms with E-state index in [0.29, 0.717) is 5.00 Å². The second-order valence-corrected chi connectivity index (χ2v) is 5.82. The van der Waals surface area contributed by atoms with Crippen molar-refractivity contribution in [3.63, 3.8) is 0 Å². The SMILES string of the molecule is O=C(Cc1ccc(Br)cc1)Nc1ccc(C(=O)O)s1.